The van der Waals surface area contributed by atoms with E-state index in [1.165, 1.54) is 0 Å². The van der Waals surface area contributed by atoms with Gasteiger partial charge in [-0.15, -0.1) is 0 Å². The van der Waals surface area contributed by atoms with Crippen LogP contribution < -0.4 is 4.72 Å². The summed E-state index contributed by atoms with van der Waals surface area (Å²) in [5.74, 6) is -1.96. The van der Waals surface area contributed by atoms with Gasteiger partial charge in [-0.25, -0.2) is 21.9 Å². The van der Waals surface area contributed by atoms with E-state index in [1.807, 2.05) is 0 Å². The highest BCUT2D eigenvalue weighted by molar-refractivity contribution is 7.88. The van der Waals surface area contributed by atoms with E-state index in [2.05, 4.69) is 14.5 Å². The Balaban J connectivity index is 1.59. The monoisotopic (exact) mass is 331 g/mol. The standard InChI is InChI=1S/C14H19F2N3O2S/c15-12-5-11(6-13(16)7-12)10-22(20,21)17-8-14-9-18-1-3-19(14)4-2-18/h5-7,14,17H,1-4,8-10H2. The number of sulfonamides is 1. The van der Waals surface area contributed by atoms with Crippen LogP contribution in [0.25, 0.3) is 0 Å². The molecule has 3 aliphatic heterocycles. The van der Waals surface area contributed by atoms with Gasteiger partial charge in [0, 0.05) is 51.4 Å². The third-order valence-electron chi connectivity index (χ3n) is 4.21. The van der Waals surface area contributed by atoms with Crippen molar-refractivity contribution in [2.75, 3.05) is 39.3 Å². The van der Waals surface area contributed by atoms with Gasteiger partial charge < -0.3 is 0 Å². The van der Waals surface area contributed by atoms with Crippen LogP contribution in [0.1, 0.15) is 5.56 Å². The highest BCUT2D eigenvalue weighted by Gasteiger charge is 2.32. The molecule has 0 amide bonds. The predicted molar refractivity (Wildman–Crippen MR) is 78.8 cm³/mol. The summed E-state index contributed by atoms with van der Waals surface area (Å²) in [6.45, 7) is 5.17. The molecule has 1 N–H and O–H groups in total. The van der Waals surface area contributed by atoms with Crippen molar-refractivity contribution < 1.29 is 17.2 Å². The van der Waals surface area contributed by atoms with Gasteiger partial charge in [-0.1, -0.05) is 0 Å². The molecule has 1 atom stereocenters. The maximum atomic E-state index is 13.1. The number of nitrogens with one attached hydrogen (secondary N) is 1. The van der Waals surface area contributed by atoms with Crippen LogP contribution in [0.3, 0.4) is 0 Å². The minimum Gasteiger partial charge on any atom is -0.299 e. The number of rotatable bonds is 5. The van der Waals surface area contributed by atoms with E-state index >= 15 is 0 Å². The first-order valence-electron chi connectivity index (χ1n) is 7.30. The van der Waals surface area contributed by atoms with E-state index in [-0.39, 0.29) is 11.6 Å². The molecule has 122 valence electrons. The van der Waals surface area contributed by atoms with E-state index in [9.17, 15) is 17.2 Å². The highest BCUT2D eigenvalue weighted by atomic mass is 32.2. The second kappa shape index (κ2) is 6.19. The molecule has 0 aromatic heterocycles. The molecule has 3 aliphatic rings. The average molecular weight is 331 g/mol. The fourth-order valence-corrected chi connectivity index (χ4v) is 4.26. The van der Waals surface area contributed by atoms with Crippen LogP contribution >= 0.6 is 0 Å². The van der Waals surface area contributed by atoms with Crippen LogP contribution in [-0.4, -0.2) is 63.5 Å². The zero-order valence-electron chi connectivity index (χ0n) is 12.1. The van der Waals surface area contributed by atoms with Gasteiger partial charge in [0.15, 0.2) is 0 Å². The van der Waals surface area contributed by atoms with E-state index in [0.717, 1.165) is 50.9 Å². The summed E-state index contributed by atoms with van der Waals surface area (Å²) in [7, 11) is -3.61. The molecular formula is C14H19F2N3O2S. The Hall–Kier alpha value is -1.09. The Kier molecular flexibility index (Phi) is 4.44. The van der Waals surface area contributed by atoms with Crippen molar-refractivity contribution in [3.05, 3.63) is 35.4 Å². The third kappa shape index (κ3) is 3.81. The SMILES string of the molecule is O=S(=O)(Cc1cc(F)cc(F)c1)NCC1CN2CCN1CC2. The second-order valence-electron chi connectivity index (χ2n) is 5.88. The molecule has 3 saturated heterocycles. The fraction of sp³-hybridized carbons (Fsp3) is 0.571. The van der Waals surface area contributed by atoms with Crippen LogP contribution in [-0.2, 0) is 15.8 Å². The molecule has 0 radical (unpaired) electrons. The van der Waals surface area contributed by atoms with Gasteiger partial charge in [-0.05, 0) is 17.7 Å². The molecule has 2 bridgehead atoms. The summed E-state index contributed by atoms with van der Waals surface area (Å²) in [6, 6.07) is 2.98. The largest absolute Gasteiger partial charge is 0.299 e. The Labute approximate surface area is 129 Å². The molecule has 8 heteroatoms. The molecule has 1 aromatic rings. The van der Waals surface area contributed by atoms with Crippen LogP contribution in [0.5, 0.6) is 0 Å². The summed E-state index contributed by atoms with van der Waals surface area (Å²) in [5, 5.41) is 0. The molecule has 0 spiro atoms. The maximum absolute atomic E-state index is 13.1. The minimum absolute atomic E-state index is 0.110. The van der Waals surface area contributed by atoms with E-state index in [0.29, 0.717) is 6.54 Å². The van der Waals surface area contributed by atoms with Crippen LogP contribution in [0.15, 0.2) is 18.2 Å². The van der Waals surface area contributed by atoms with Crippen molar-refractivity contribution in [1.82, 2.24) is 14.5 Å². The van der Waals surface area contributed by atoms with Gasteiger partial charge in [0.05, 0.1) is 5.75 Å². The van der Waals surface area contributed by atoms with Crippen LogP contribution in [0.2, 0.25) is 0 Å². The first-order chi connectivity index (χ1) is 10.4. The Morgan fingerprint density at radius 1 is 1.09 bits per heavy atom. The lowest BCUT2D eigenvalue weighted by Crippen LogP contribution is -2.63. The normalized spacial score (nSPS) is 28.0. The van der Waals surface area contributed by atoms with Crippen molar-refractivity contribution >= 4 is 10.0 Å². The number of fused-ring (bicyclic) bond motifs is 3. The van der Waals surface area contributed by atoms with Gasteiger partial charge in [0.1, 0.15) is 11.6 Å². The lowest BCUT2D eigenvalue weighted by Gasteiger charge is -2.47. The smallest absolute Gasteiger partial charge is 0.215 e. The Morgan fingerprint density at radius 2 is 1.73 bits per heavy atom. The van der Waals surface area contributed by atoms with Gasteiger partial charge in [0.2, 0.25) is 10.0 Å². The molecule has 3 fully saturated rings. The Bertz CT molecular complexity index is 625. The summed E-state index contributed by atoms with van der Waals surface area (Å²) in [6.07, 6.45) is 0. The molecule has 22 heavy (non-hydrogen) atoms. The van der Waals surface area contributed by atoms with Crippen molar-refractivity contribution in [3.63, 3.8) is 0 Å². The van der Waals surface area contributed by atoms with Crippen molar-refractivity contribution in [2.45, 2.75) is 11.8 Å². The van der Waals surface area contributed by atoms with Gasteiger partial charge in [-0.2, -0.15) is 0 Å². The predicted octanol–water partition coefficient (Wildman–Crippen LogP) is 0.384. The zero-order chi connectivity index (χ0) is 15.7. The van der Waals surface area contributed by atoms with E-state index in [4.69, 9.17) is 0 Å². The molecule has 5 nitrogen and oxygen atoms in total. The lowest BCUT2D eigenvalue weighted by molar-refractivity contribution is 0.0158. The summed E-state index contributed by atoms with van der Waals surface area (Å²) in [4.78, 5) is 4.60. The minimum atomic E-state index is -3.61. The van der Waals surface area contributed by atoms with Crippen molar-refractivity contribution in [3.8, 4) is 0 Å². The summed E-state index contributed by atoms with van der Waals surface area (Å²) < 4.78 is 53.0. The summed E-state index contributed by atoms with van der Waals surface area (Å²) in [5.41, 5.74) is 0.110. The molecule has 1 aromatic carbocycles. The quantitative estimate of drug-likeness (QED) is 0.848. The van der Waals surface area contributed by atoms with Gasteiger partial charge in [-0.3, -0.25) is 9.80 Å². The topological polar surface area (TPSA) is 52.7 Å². The number of hydrogen-bond acceptors (Lipinski definition) is 4. The van der Waals surface area contributed by atoms with E-state index in [1.54, 1.807) is 0 Å². The number of hydrogen-bond donors (Lipinski definition) is 1. The highest BCUT2D eigenvalue weighted by Crippen LogP contribution is 2.16. The number of benzene rings is 1. The first-order valence-corrected chi connectivity index (χ1v) is 8.95. The van der Waals surface area contributed by atoms with Crippen LogP contribution in [0, 0.1) is 11.6 Å². The molecule has 3 heterocycles. The van der Waals surface area contributed by atoms with Gasteiger partial charge >= 0.3 is 0 Å². The number of piperazine rings is 3. The first kappa shape index (κ1) is 15.8. The summed E-state index contributed by atoms with van der Waals surface area (Å²) >= 11 is 0. The van der Waals surface area contributed by atoms with Crippen molar-refractivity contribution in [2.24, 2.45) is 0 Å². The van der Waals surface area contributed by atoms with E-state index < -0.39 is 27.4 Å². The van der Waals surface area contributed by atoms with Gasteiger partial charge in [0.25, 0.3) is 0 Å². The molecule has 1 unspecified atom stereocenters. The lowest BCUT2D eigenvalue weighted by atomic mass is 10.1. The third-order valence-corrected chi connectivity index (χ3v) is 5.53. The molecular weight excluding hydrogens is 312 g/mol. The number of nitrogens with zero attached hydrogens (tertiary/aromatic N) is 2. The van der Waals surface area contributed by atoms with Crippen LogP contribution in [0.4, 0.5) is 8.78 Å². The second-order valence-corrected chi connectivity index (χ2v) is 7.68. The number of halogens is 2. The zero-order valence-corrected chi connectivity index (χ0v) is 13.0. The van der Waals surface area contributed by atoms with Crippen molar-refractivity contribution in [1.29, 1.82) is 0 Å². The fourth-order valence-electron chi connectivity index (χ4n) is 3.11. The molecule has 0 aliphatic carbocycles. The Morgan fingerprint density at radius 3 is 2.27 bits per heavy atom. The molecule has 4 rings (SSSR count). The molecule has 0 saturated carbocycles. The average Bonchev–Trinajstić information content (AvgIpc) is 2.45. The maximum Gasteiger partial charge on any atom is 0.215 e.